The molecule has 0 aromatic rings. The topological polar surface area (TPSA) is 41.6 Å². The van der Waals surface area contributed by atoms with E-state index in [1.165, 1.54) is 45.8 Å². The smallest absolute Gasteiger partial charge is 0.407 e. The number of ether oxygens (including phenoxy) is 1. The lowest BCUT2D eigenvalue weighted by Crippen LogP contribution is -2.53. The SMILES string of the molecule is CCC1CC(NC(=O)OC)CN(C2CCCC2)C1. The number of amides is 1. The summed E-state index contributed by atoms with van der Waals surface area (Å²) in [5.41, 5.74) is 0. The van der Waals surface area contributed by atoms with Crippen molar-refractivity contribution in [2.45, 2.75) is 57.5 Å². The van der Waals surface area contributed by atoms with E-state index in [1.807, 2.05) is 0 Å². The van der Waals surface area contributed by atoms with Gasteiger partial charge in [0.2, 0.25) is 0 Å². The van der Waals surface area contributed by atoms with Crippen LogP contribution in [-0.2, 0) is 4.74 Å². The van der Waals surface area contributed by atoms with Crippen molar-refractivity contribution in [2.75, 3.05) is 20.2 Å². The first-order valence-corrected chi connectivity index (χ1v) is 7.31. The van der Waals surface area contributed by atoms with Gasteiger partial charge in [0.05, 0.1) is 7.11 Å². The van der Waals surface area contributed by atoms with Crippen LogP contribution >= 0.6 is 0 Å². The van der Waals surface area contributed by atoms with Crippen LogP contribution in [-0.4, -0.2) is 43.3 Å². The number of rotatable bonds is 3. The molecule has 1 aliphatic carbocycles. The van der Waals surface area contributed by atoms with Crippen LogP contribution < -0.4 is 5.32 Å². The van der Waals surface area contributed by atoms with Gasteiger partial charge in [0, 0.05) is 25.2 Å². The van der Waals surface area contributed by atoms with Gasteiger partial charge in [-0.25, -0.2) is 4.79 Å². The monoisotopic (exact) mass is 254 g/mol. The zero-order valence-electron chi connectivity index (χ0n) is 11.7. The second-order valence-corrected chi connectivity index (χ2v) is 5.74. The minimum Gasteiger partial charge on any atom is -0.453 e. The molecular weight excluding hydrogens is 228 g/mol. The molecule has 104 valence electrons. The average Bonchev–Trinajstić information content (AvgIpc) is 2.92. The van der Waals surface area contributed by atoms with Gasteiger partial charge in [-0.2, -0.15) is 0 Å². The first-order chi connectivity index (χ1) is 8.72. The van der Waals surface area contributed by atoms with E-state index in [1.54, 1.807) is 0 Å². The summed E-state index contributed by atoms with van der Waals surface area (Å²) in [6, 6.07) is 1.01. The molecule has 18 heavy (non-hydrogen) atoms. The Hall–Kier alpha value is -0.770. The molecule has 1 aliphatic heterocycles. The van der Waals surface area contributed by atoms with E-state index in [9.17, 15) is 4.79 Å². The first kappa shape index (κ1) is 13.7. The number of piperidine rings is 1. The molecule has 1 saturated carbocycles. The van der Waals surface area contributed by atoms with Crippen molar-refractivity contribution in [1.29, 1.82) is 0 Å². The number of methoxy groups -OCH3 is 1. The molecule has 1 N–H and O–H groups in total. The van der Waals surface area contributed by atoms with E-state index < -0.39 is 0 Å². The van der Waals surface area contributed by atoms with Crippen molar-refractivity contribution in [3.8, 4) is 0 Å². The average molecular weight is 254 g/mol. The first-order valence-electron chi connectivity index (χ1n) is 7.31. The van der Waals surface area contributed by atoms with E-state index in [0.29, 0.717) is 5.92 Å². The normalized spacial score (nSPS) is 30.3. The number of hydrogen-bond donors (Lipinski definition) is 1. The molecule has 0 aromatic carbocycles. The predicted molar refractivity (Wildman–Crippen MR) is 71.6 cm³/mol. The van der Waals surface area contributed by atoms with Crippen LogP contribution in [0.3, 0.4) is 0 Å². The van der Waals surface area contributed by atoms with Crippen LogP contribution in [0.15, 0.2) is 0 Å². The number of hydrogen-bond acceptors (Lipinski definition) is 3. The summed E-state index contributed by atoms with van der Waals surface area (Å²) in [6.07, 6.45) is 7.41. The molecule has 1 saturated heterocycles. The summed E-state index contributed by atoms with van der Waals surface area (Å²) >= 11 is 0. The highest BCUT2D eigenvalue weighted by molar-refractivity contribution is 5.67. The Morgan fingerprint density at radius 2 is 2.06 bits per heavy atom. The molecule has 0 aromatic heterocycles. The standard InChI is InChI=1S/C14H26N2O2/c1-3-11-8-12(15-14(17)18-2)10-16(9-11)13-6-4-5-7-13/h11-13H,3-10H2,1-2H3,(H,15,17). The predicted octanol–water partition coefficient (Wildman–Crippen LogP) is 2.39. The fourth-order valence-electron chi connectivity index (χ4n) is 3.43. The van der Waals surface area contributed by atoms with Gasteiger partial charge in [-0.3, -0.25) is 4.90 Å². The summed E-state index contributed by atoms with van der Waals surface area (Å²) in [6.45, 7) is 4.45. The van der Waals surface area contributed by atoms with E-state index in [4.69, 9.17) is 4.74 Å². The Morgan fingerprint density at radius 1 is 1.33 bits per heavy atom. The van der Waals surface area contributed by atoms with Crippen molar-refractivity contribution in [2.24, 2.45) is 5.92 Å². The lowest BCUT2D eigenvalue weighted by atomic mass is 9.91. The van der Waals surface area contributed by atoms with Gasteiger partial charge in [0.25, 0.3) is 0 Å². The van der Waals surface area contributed by atoms with Gasteiger partial charge in [0.1, 0.15) is 0 Å². The van der Waals surface area contributed by atoms with Crippen molar-refractivity contribution >= 4 is 6.09 Å². The Kier molecular flexibility index (Phi) is 4.87. The molecule has 2 rings (SSSR count). The van der Waals surface area contributed by atoms with Crippen LogP contribution in [0.25, 0.3) is 0 Å². The third-order valence-electron chi connectivity index (χ3n) is 4.49. The molecule has 2 aliphatic rings. The van der Waals surface area contributed by atoms with Gasteiger partial charge >= 0.3 is 6.09 Å². The van der Waals surface area contributed by atoms with Crippen LogP contribution in [0.2, 0.25) is 0 Å². The fourth-order valence-corrected chi connectivity index (χ4v) is 3.43. The Morgan fingerprint density at radius 3 is 2.67 bits per heavy atom. The zero-order valence-corrected chi connectivity index (χ0v) is 11.7. The Bertz CT molecular complexity index is 277. The van der Waals surface area contributed by atoms with Crippen molar-refractivity contribution in [3.05, 3.63) is 0 Å². The lowest BCUT2D eigenvalue weighted by Gasteiger charge is -2.40. The minimum absolute atomic E-state index is 0.261. The quantitative estimate of drug-likeness (QED) is 0.841. The molecule has 2 fully saturated rings. The molecule has 2 unspecified atom stereocenters. The molecule has 0 spiro atoms. The summed E-state index contributed by atoms with van der Waals surface area (Å²) in [7, 11) is 1.43. The molecular formula is C14H26N2O2. The lowest BCUT2D eigenvalue weighted by molar-refractivity contribution is 0.0922. The van der Waals surface area contributed by atoms with Crippen LogP contribution in [0.1, 0.15) is 45.4 Å². The summed E-state index contributed by atoms with van der Waals surface area (Å²) < 4.78 is 4.71. The number of carbonyl (C=O) groups is 1. The van der Waals surface area contributed by atoms with E-state index >= 15 is 0 Å². The van der Waals surface area contributed by atoms with Crippen LogP contribution in [0.4, 0.5) is 4.79 Å². The van der Waals surface area contributed by atoms with Crippen LogP contribution in [0.5, 0.6) is 0 Å². The zero-order chi connectivity index (χ0) is 13.0. The third-order valence-corrected chi connectivity index (χ3v) is 4.49. The number of alkyl carbamates (subject to hydrolysis) is 1. The van der Waals surface area contributed by atoms with Gasteiger partial charge < -0.3 is 10.1 Å². The summed E-state index contributed by atoms with van der Waals surface area (Å²) in [5.74, 6) is 0.710. The number of nitrogens with zero attached hydrogens (tertiary/aromatic N) is 1. The number of likely N-dealkylation sites (tertiary alicyclic amines) is 1. The maximum Gasteiger partial charge on any atom is 0.407 e. The minimum atomic E-state index is -0.289. The van der Waals surface area contributed by atoms with Crippen LogP contribution in [0, 0.1) is 5.92 Å². The van der Waals surface area contributed by atoms with Gasteiger partial charge in [-0.05, 0) is 25.2 Å². The van der Waals surface area contributed by atoms with E-state index in [2.05, 4.69) is 17.1 Å². The van der Waals surface area contributed by atoms with Gasteiger partial charge in [-0.15, -0.1) is 0 Å². The van der Waals surface area contributed by atoms with E-state index in [0.717, 1.165) is 19.0 Å². The highest BCUT2D eigenvalue weighted by atomic mass is 16.5. The molecule has 2 atom stereocenters. The maximum absolute atomic E-state index is 11.4. The fraction of sp³-hybridized carbons (Fsp3) is 0.929. The molecule has 4 nitrogen and oxygen atoms in total. The summed E-state index contributed by atoms with van der Waals surface area (Å²) in [4.78, 5) is 14.0. The highest BCUT2D eigenvalue weighted by Crippen LogP contribution is 2.29. The highest BCUT2D eigenvalue weighted by Gasteiger charge is 2.32. The van der Waals surface area contributed by atoms with Crippen molar-refractivity contribution in [1.82, 2.24) is 10.2 Å². The van der Waals surface area contributed by atoms with E-state index in [-0.39, 0.29) is 12.1 Å². The Balaban J connectivity index is 1.92. The van der Waals surface area contributed by atoms with Crippen molar-refractivity contribution in [3.63, 3.8) is 0 Å². The molecule has 0 bridgehead atoms. The number of carbonyl (C=O) groups excluding carboxylic acids is 1. The molecule has 1 heterocycles. The second kappa shape index (κ2) is 6.41. The van der Waals surface area contributed by atoms with Gasteiger partial charge in [-0.1, -0.05) is 26.2 Å². The number of nitrogens with one attached hydrogen (secondary N) is 1. The molecule has 0 radical (unpaired) electrons. The third kappa shape index (κ3) is 3.37. The van der Waals surface area contributed by atoms with Crippen molar-refractivity contribution < 1.29 is 9.53 Å². The molecule has 1 amide bonds. The Labute approximate surface area is 110 Å². The summed E-state index contributed by atoms with van der Waals surface area (Å²) in [5, 5.41) is 2.98. The second-order valence-electron chi connectivity index (χ2n) is 5.74. The maximum atomic E-state index is 11.4. The van der Waals surface area contributed by atoms with Gasteiger partial charge in [0.15, 0.2) is 0 Å². The molecule has 4 heteroatoms. The largest absolute Gasteiger partial charge is 0.453 e.